The molecule has 1 rings (SSSR count). The lowest BCUT2D eigenvalue weighted by molar-refractivity contribution is 0.208. The molecule has 4 nitrogen and oxygen atoms in total. The molecule has 0 N–H and O–H groups in total. The van der Waals surface area contributed by atoms with Crippen LogP contribution in [0.25, 0.3) is 0 Å². The van der Waals surface area contributed by atoms with Gasteiger partial charge in [0.2, 0.25) is 0 Å². The normalized spacial score (nSPS) is 11.2. The lowest BCUT2D eigenvalue weighted by Gasteiger charge is -1.93. The minimum atomic E-state index is 0.654. The summed E-state index contributed by atoms with van der Waals surface area (Å²) in [6, 6.07) is 0. The second-order valence-electron chi connectivity index (χ2n) is 2.42. The molecule has 0 saturated carbocycles. The minimum absolute atomic E-state index is 0.654. The van der Waals surface area contributed by atoms with Crippen LogP contribution in [0.1, 0.15) is 5.82 Å². The number of hydrogen-bond acceptors (Lipinski definition) is 3. The van der Waals surface area contributed by atoms with Crippen molar-refractivity contribution in [1.29, 1.82) is 0 Å². The maximum atomic E-state index is 4.85. The number of aryl methyl sites for hydroxylation is 1. The van der Waals surface area contributed by atoms with Crippen LogP contribution in [-0.2, 0) is 11.8 Å². The summed E-state index contributed by atoms with van der Waals surface area (Å²) < 4.78 is 6.76. The van der Waals surface area contributed by atoms with Gasteiger partial charge in [0.1, 0.15) is 5.82 Å². The molecule has 1 aromatic rings. The Bertz CT molecular complexity index is 255. The first-order valence-corrected chi connectivity index (χ1v) is 3.80. The highest BCUT2D eigenvalue weighted by molar-refractivity contribution is 5.74. The maximum absolute atomic E-state index is 4.85. The van der Waals surface area contributed by atoms with Crippen LogP contribution in [0, 0.1) is 0 Å². The van der Waals surface area contributed by atoms with Crippen LogP contribution in [-0.4, -0.2) is 36.0 Å². The Morgan fingerprint density at radius 2 is 2.58 bits per heavy atom. The van der Waals surface area contributed by atoms with Crippen molar-refractivity contribution in [1.82, 2.24) is 9.55 Å². The summed E-state index contributed by atoms with van der Waals surface area (Å²) in [4.78, 5) is 8.22. The van der Waals surface area contributed by atoms with E-state index in [0.717, 1.165) is 5.82 Å². The number of aromatic nitrogens is 2. The van der Waals surface area contributed by atoms with Crippen LogP contribution in [0.3, 0.4) is 0 Å². The average molecular weight is 167 g/mol. The van der Waals surface area contributed by atoms with Gasteiger partial charge in [0, 0.05) is 26.6 Å². The second kappa shape index (κ2) is 4.66. The summed E-state index contributed by atoms with van der Waals surface area (Å²) in [6.45, 7) is 1.34. The first-order chi connectivity index (χ1) is 5.84. The predicted molar refractivity (Wildman–Crippen MR) is 47.5 cm³/mol. The van der Waals surface area contributed by atoms with E-state index in [-0.39, 0.29) is 0 Å². The molecule has 12 heavy (non-hydrogen) atoms. The smallest absolute Gasteiger partial charge is 0.150 e. The summed E-state index contributed by atoms with van der Waals surface area (Å²) in [6.07, 6.45) is 5.38. The highest BCUT2D eigenvalue weighted by atomic mass is 16.5. The number of rotatable bonds is 4. The summed E-state index contributed by atoms with van der Waals surface area (Å²) in [5, 5.41) is 0. The van der Waals surface area contributed by atoms with E-state index in [4.69, 9.17) is 4.74 Å². The van der Waals surface area contributed by atoms with Gasteiger partial charge < -0.3 is 9.30 Å². The molecule has 1 aromatic heterocycles. The van der Waals surface area contributed by atoms with Crippen LogP contribution >= 0.6 is 0 Å². The SMILES string of the molecule is COCC/N=C/c1nccn1C. The zero-order valence-electron chi connectivity index (χ0n) is 7.40. The molecule has 0 aliphatic carbocycles. The zero-order chi connectivity index (χ0) is 8.81. The van der Waals surface area contributed by atoms with E-state index in [2.05, 4.69) is 9.98 Å². The Kier molecular flexibility index (Phi) is 3.47. The van der Waals surface area contributed by atoms with E-state index >= 15 is 0 Å². The van der Waals surface area contributed by atoms with Gasteiger partial charge in [-0.15, -0.1) is 0 Å². The van der Waals surface area contributed by atoms with Gasteiger partial charge in [-0.2, -0.15) is 0 Å². The van der Waals surface area contributed by atoms with Crippen molar-refractivity contribution in [3.05, 3.63) is 18.2 Å². The van der Waals surface area contributed by atoms with Crippen molar-refractivity contribution in [2.45, 2.75) is 0 Å². The molecule has 0 saturated heterocycles. The van der Waals surface area contributed by atoms with Crippen LogP contribution in [0.5, 0.6) is 0 Å². The van der Waals surface area contributed by atoms with E-state index in [0.29, 0.717) is 13.2 Å². The van der Waals surface area contributed by atoms with Gasteiger partial charge in [0.05, 0.1) is 19.4 Å². The fraction of sp³-hybridized carbons (Fsp3) is 0.500. The van der Waals surface area contributed by atoms with Crippen LogP contribution < -0.4 is 0 Å². The van der Waals surface area contributed by atoms with Crippen molar-refractivity contribution in [3.8, 4) is 0 Å². The van der Waals surface area contributed by atoms with Crippen LogP contribution in [0.4, 0.5) is 0 Å². The third kappa shape index (κ3) is 2.47. The number of ether oxygens (including phenoxy) is 1. The number of hydrogen-bond donors (Lipinski definition) is 0. The van der Waals surface area contributed by atoms with Crippen molar-refractivity contribution in [2.75, 3.05) is 20.3 Å². The van der Waals surface area contributed by atoms with Gasteiger partial charge in [-0.05, 0) is 0 Å². The minimum Gasteiger partial charge on any atom is -0.383 e. The topological polar surface area (TPSA) is 39.4 Å². The molecule has 0 amide bonds. The first-order valence-electron chi connectivity index (χ1n) is 3.80. The molecule has 0 unspecified atom stereocenters. The standard InChI is InChI=1S/C8H13N3O/c1-11-5-3-10-8(11)7-9-4-6-12-2/h3,5,7H,4,6H2,1-2H3/b9-7+. The van der Waals surface area contributed by atoms with Crippen LogP contribution in [0.2, 0.25) is 0 Å². The third-order valence-corrected chi connectivity index (χ3v) is 1.49. The lowest BCUT2D eigenvalue weighted by atomic mass is 10.6. The van der Waals surface area contributed by atoms with Crippen molar-refractivity contribution in [3.63, 3.8) is 0 Å². The van der Waals surface area contributed by atoms with E-state index in [1.54, 1.807) is 19.5 Å². The molecule has 0 fully saturated rings. The largest absolute Gasteiger partial charge is 0.383 e. The van der Waals surface area contributed by atoms with E-state index in [1.807, 2.05) is 17.8 Å². The molecule has 1 heterocycles. The number of methoxy groups -OCH3 is 1. The molecule has 0 aliphatic heterocycles. The fourth-order valence-corrected chi connectivity index (χ4v) is 0.792. The maximum Gasteiger partial charge on any atom is 0.150 e. The molecular weight excluding hydrogens is 154 g/mol. The van der Waals surface area contributed by atoms with Crippen LogP contribution in [0.15, 0.2) is 17.4 Å². The third-order valence-electron chi connectivity index (χ3n) is 1.49. The van der Waals surface area contributed by atoms with Gasteiger partial charge in [0.15, 0.2) is 0 Å². The Labute approximate surface area is 71.9 Å². The molecule has 0 aliphatic rings. The Morgan fingerprint density at radius 1 is 1.75 bits per heavy atom. The second-order valence-corrected chi connectivity index (χ2v) is 2.42. The molecule has 0 bridgehead atoms. The van der Waals surface area contributed by atoms with Crippen molar-refractivity contribution >= 4 is 6.21 Å². The molecular formula is C8H13N3O. The Balaban J connectivity index is 2.41. The monoisotopic (exact) mass is 167 g/mol. The Hall–Kier alpha value is -1.16. The quantitative estimate of drug-likeness (QED) is 0.483. The van der Waals surface area contributed by atoms with Gasteiger partial charge in [-0.25, -0.2) is 4.98 Å². The zero-order valence-corrected chi connectivity index (χ0v) is 7.40. The highest BCUT2D eigenvalue weighted by Crippen LogP contribution is 1.88. The summed E-state index contributed by atoms with van der Waals surface area (Å²) in [5.41, 5.74) is 0. The number of nitrogens with zero attached hydrogens (tertiary/aromatic N) is 3. The van der Waals surface area contributed by atoms with E-state index < -0.39 is 0 Å². The number of imidazole rings is 1. The highest BCUT2D eigenvalue weighted by Gasteiger charge is 1.91. The molecule has 4 heteroatoms. The lowest BCUT2D eigenvalue weighted by Crippen LogP contribution is -1.98. The fourth-order valence-electron chi connectivity index (χ4n) is 0.792. The average Bonchev–Trinajstić information content (AvgIpc) is 2.46. The van der Waals surface area contributed by atoms with Gasteiger partial charge >= 0.3 is 0 Å². The summed E-state index contributed by atoms with van der Waals surface area (Å²) in [5.74, 6) is 0.867. The summed E-state index contributed by atoms with van der Waals surface area (Å²) >= 11 is 0. The van der Waals surface area contributed by atoms with E-state index in [9.17, 15) is 0 Å². The first kappa shape index (κ1) is 8.93. The molecule has 0 spiro atoms. The molecule has 0 aromatic carbocycles. The van der Waals surface area contributed by atoms with E-state index in [1.165, 1.54) is 0 Å². The molecule has 0 atom stereocenters. The van der Waals surface area contributed by atoms with Gasteiger partial charge in [-0.1, -0.05) is 0 Å². The van der Waals surface area contributed by atoms with Crippen molar-refractivity contribution < 1.29 is 4.74 Å². The predicted octanol–water partition coefficient (Wildman–Crippen LogP) is 0.485. The van der Waals surface area contributed by atoms with Gasteiger partial charge in [-0.3, -0.25) is 4.99 Å². The van der Waals surface area contributed by atoms with Crippen molar-refractivity contribution in [2.24, 2.45) is 12.0 Å². The summed E-state index contributed by atoms with van der Waals surface area (Å²) in [7, 11) is 3.60. The number of aliphatic imine (C=N–C) groups is 1. The Morgan fingerprint density at radius 3 is 3.17 bits per heavy atom. The molecule has 66 valence electrons. The molecule has 0 radical (unpaired) electrons. The van der Waals surface area contributed by atoms with Gasteiger partial charge in [0.25, 0.3) is 0 Å².